The molecule has 0 radical (unpaired) electrons. The molecule has 1 heterocycles. The molecule has 0 aliphatic heterocycles. The monoisotopic (exact) mass is 279 g/mol. The molecule has 2 rings (SSSR count). The van der Waals surface area contributed by atoms with Gasteiger partial charge in [-0.1, -0.05) is 17.7 Å². The van der Waals surface area contributed by atoms with E-state index in [1.807, 2.05) is 0 Å². The second-order valence-electron chi connectivity index (χ2n) is 4.57. The van der Waals surface area contributed by atoms with Crippen LogP contribution < -0.4 is 0 Å². The van der Waals surface area contributed by atoms with Gasteiger partial charge in [0.1, 0.15) is 0 Å². The van der Waals surface area contributed by atoms with Crippen LogP contribution in [0, 0.1) is 13.8 Å². The van der Waals surface area contributed by atoms with Crippen molar-refractivity contribution in [1.29, 1.82) is 0 Å². The normalized spacial score (nSPS) is 11.4. The molecule has 5 heteroatoms. The van der Waals surface area contributed by atoms with Gasteiger partial charge in [-0.15, -0.1) is 0 Å². The molecule has 0 N–H and O–H groups in total. The number of pyridine rings is 1. The van der Waals surface area contributed by atoms with E-state index in [2.05, 4.69) is 4.98 Å². The third kappa shape index (κ3) is 2.71. The van der Waals surface area contributed by atoms with Crippen LogP contribution in [0.2, 0.25) is 0 Å². The van der Waals surface area contributed by atoms with E-state index in [4.69, 9.17) is 0 Å². The van der Waals surface area contributed by atoms with E-state index < -0.39 is 23.1 Å². The van der Waals surface area contributed by atoms with Crippen LogP contribution in [0.5, 0.6) is 0 Å². The van der Waals surface area contributed by atoms with Gasteiger partial charge in [0, 0.05) is 18.0 Å². The molecule has 0 aliphatic rings. The van der Waals surface area contributed by atoms with Crippen molar-refractivity contribution in [2.45, 2.75) is 20.0 Å². The highest BCUT2D eigenvalue weighted by molar-refractivity contribution is 6.10. The van der Waals surface area contributed by atoms with Crippen LogP contribution in [0.1, 0.15) is 32.6 Å². The van der Waals surface area contributed by atoms with Gasteiger partial charge in [-0.05, 0) is 31.5 Å². The number of hydrogen-bond donors (Lipinski definition) is 0. The minimum absolute atomic E-state index is 0.267. The van der Waals surface area contributed by atoms with Crippen LogP contribution in [-0.4, -0.2) is 10.8 Å². The fraction of sp³-hybridized carbons (Fsp3) is 0.200. The molecule has 1 aromatic heterocycles. The summed E-state index contributed by atoms with van der Waals surface area (Å²) in [6, 6.07) is 5.93. The number of aryl methyl sites for hydroxylation is 2. The number of hydrogen-bond acceptors (Lipinski definition) is 2. The molecule has 2 aromatic rings. The number of nitrogens with zero attached hydrogens (tertiary/aromatic N) is 1. The third-order valence-corrected chi connectivity index (χ3v) is 3.01. The first-order valence-corrected chi connectivity index (χ1v) is 5.94. The van der Waals surface area contributed by atoms with Crippen molar-refractivity contribution in [3.8, 4) is 0 Å². The second-order valence-corrected chi connectivity index (χ2v) is 4.57. The molecule has 0 unspecified atom stereocenters. The molecule has 104 valence electrons. The van der Waals surface area contributed by atoms with Crippen LogP contribution in [0.3, 0.4) is 0 Å². The Morgan fingerprint density at radius 3 is 2.45 bits per heavy atom. The summed E-state index contributed by atoms with van der Waals surface area (Å²) in [6.45, 7) is 3.47. The Hall–Kier alpha value is -2.17. The van der Waals surface area contributed by atoms with Crippen molar-refractivity contribution >= 4 is 5.78 Å². The molecule has 0 bridgehead atoms. The highest BCUT2D eigenvalue weighted by Crippen LogP contribution is 2.32. The largest absolute Gasteiger partial charge is 0.417 e. The summed E-state index contributed by atoms with van der Waals surface area (Å²) >= 11 is 0. The van der Waals surface area contributed by atoms with Crippen LogP contribution in [0.4, 0.5) is 13.2 Å². The maximum absolute atomic E-state index is 12.9. The predicted molar refractivity (Wildman–Crippen MR) is 68.6 cm³/mol. The van der Waals surface area contributed by atoms with Crippen molar-refractivity contribution < 1.29 is 18.0 Å². The van der Waals surface area contributed by atoms with E-state index in [9.17, 15) is 18.0 Å². The minimum atomic E-state index is -4.58. The SMILES string of the molecule is Cc1ccc(C)c(C(=O)c2cnccc2C(F)(F)F)c1. The van der Waals surface area contributed by atoms with E-state index in [0.29, 0.717) is 5.56 Å². The molecule has 2 nitrogen and oxygen atoms in total. The van der Waals surface area contributed by atoms with Crippen molar-refractivity contribution in [1.82, 2.24) is 4.98 Å². The van der Waals surface area contributed by atoms with Gasteiger partial charge in [0.2, 0.25) is 0 Å². The Kier molecular flexibility index (Phi) is 3.61. The number of ketones is 1. The molecular weight excluding hydrogens is 267 g/mol. The lowest BCUT2D eigenvalue weighted by atomic mass is 9.95. The molecule has 0 atom stereocenters. The average molecular weight is 279 g/mol. The van der Waals surface area contributed by atoms with E-state index in [0.717, 1.165) is 24.0 Å². The van der Waals surface area contributed by atoms with Crippen LogP contribution in [0.15, 0.2) is 36.7 Å². The lowest BCUT2D eigenvalue weighted by Crippen LogP contribution is -2.15. The van der Waals surface area contributed by atoms with Crippen molar-refractivity contribution in [3.05, 3.63) is 64.5 Å². The zero-order valence-electron chi connectivity index (χ0n) is 11.0. The first-order chi connectivity index (χ1) is 9.30. The Balaban J connectivity index is 2.57. The van der Waals surface area contributed by atoms with Gasteiger partial charge < -0.3 is 0 Å². The Morgan fingerprint density at radius 1 is 1.10 bits per heavy atom. The van der Waals surface area contributed by atoms with Gasteiger partial charge in [0.05, 0.1) is 11.1 Å². The topological polar surface area (TPSA) is 30.0 Å². The standard InChI is InChI=1S/C15H12F3NO/c1-9-3-4-10(2)11(7-9)14(20)12-8-19-6-5-13(12)15(16,17)18/h3-8H,1-2H3. The molecule has 20 heavy (non-hydrogen) atoms. The molecule has 0 spiro atoms. The van der Waals surface area contributed by atoms with Crippen LogP contribution in [0.25, 0.3) is 0 Å². The lowest BCUT2D eigenvalue weighted by molar-refractivity contribution is -0.137. The summed E-state index contributed by atoms with van der Waals surface area (Å²) in [5.74, 6) is -0.661. The molecule has 0 amide bonds. The summed E-state index contributed by atoms with van der Waals surface area (Å²) in [5.41, 5.74) is 0.338. The highest BCUT2D eigenvalue weighted by Gasteiger charge is 2.35. The molecule has 0 saturated heterocycles. The Labute approximate surface area is 114 Å². The number of benzene rings is 1. The van der Waals surface area contributed by atoms with Crippen molar-refractivity contribution in [3.63, 3.8) is 0 Å². The molecule has 0 fully saturated rings. The molecular formula is C15H12F3NO. The zero-order chi connectivity index (χ0) is 14.9. The second kappa shape index (κ2) is 5.07. The number of alkyl halides is 3. The summed E-state index contributed by atoms with van der Waals surface area (Å²) < 4.78 is 38.8. The van der Waals surface area contributed by atoms with E-state index in [-0.39, 0.29) is 5.56 Å². The van der Waals surface area contributed by atoms with E-state index in [1.165, 1.54) is 0 Å². The fourth-order valence-electron chi connectivity index (χ4n) is 1.95. The third-order valence-electron chi connectivity index (χ3n) is 3.01. The number of carbonyl (C=O) groups excluding carboxylic acids is 1. The quantitative estimate of drug-likeness (QED) is 0.779. The van der Waals surface area contributed by atoms with Gasteiger partial charge >= 0.3 is 6.18 Å². The molecule has 1 aromatic carbocycles. The summed E-state index contributed by atoms with van der Waals surface area (Å²) in [5, 5.41) is 0. The summed E-state index contributed by atoms with van der Waals surface area (Å²) in [6.07, 6.45) is -2.58. The molecule has 0 saturated carbocycles. The minimum Gasteiger partial charge on any atom is -0.289 e. The van der Waals surface area contributed by atoms with Gasteiger partial charge in [-0.3, -0.25) is 9.78 Å². The number of aromatic nitrogens is 1. The maximum Gasteiger partial charge on any atom is 0.417 e. The van der Waals surface area contributed by atoms with Gasteiger partial charge in [0.15, 0.2) is 5.78 Å². The Bertz CT molecular complexity index is 662. The number of carbonyl (C=O) groups is 1. The van der Waals surface area contributed by atoms with Gasteiger partial charge in [0.25, 0.3) is 0 Å². The number of rotatable bonds is 2. The highest BCUT2D eigenvalue weighted by atomic mass is 19.4. The number of halogens is 3. The molecule has 0 aliphatic carbocycles. The van der Waals surface area contributed by atoms with Gasteiger partial charge in [-0.25, -0.2) is 0 Å². The van der Waals surface area contributed by atoms with Crippen LogP contribution in [-0.2, 0) is 6.18 Å². The summed E-state index contributed by atoms with van der Waals surface area (Å²) in [4.78, 5) is 16.0. The van der Waals surface area contributed by atoms with Crippen molar-refractivity contribution in [2.75, 3.05) is 0 Å². The average Bonchev–Trinajstić information content (AvgIpc) is 2.40. The zero-order valence-corrected chi connectivity index (χ0v) is 11.0. The van der Waals surface area contributed by atoms with Crippen molar-refractivity contribution in [2.24, 2.45) is 0 Å². The first-order valence-electron chi connectivity index (χ1n) is 5.94. The predicted octanol–water partition coefficient (Wildman–Crippen LogP) is 3.95. The fourth-order valence-corrected chi connectivity index (χ4v) is 1.95. The van der Waals surface area contributed by atoms with E-state index in [1.54, 1.807) is 32.0 Å². The first kappa shape index (κ1) is 14.2. The summed E-state index contributed by atoms with van der Waals surface area (Å²) in [7, 11) is 0. The van der Waals surface area contributed by atoms with Crippen LogP contribution >= 0.6 is 0 Å². The lowest BCUT2D eigenvalue weighted by Gasteiger charge is -2.12. The maximum atomic E-state index is 12.9. The smallest absolute Gasteiger partial charge is 0.289 e. The van der Waals surface area contributed by atoms with Gasteiger partial charge in [-0.2, -0.15) is 13.2 Å². The van der Waals surface area contributed by atoms with E-state index >= 15 is 0 Å². The Morgan fingerprint density at radius 2 is 1.80 bits per heavy atom.